The van der Waals surface area contributed by atoms with E-state index in [0.29, 0.717) is 38.2 Å². The first kappa shape index (κ1) is 27.7. The maximum Gasteiger partial charge on any atom is 0.271 e. The first-order valence-electron chi connectivity index (χ1n) is 14.6. The first-order chi connectivity index (χ1) is 22.1. The lowest BCUT2D eigenvalue weighted by atomic mass is 9.83. The van der Waals surface area contributed by atoms with Crippen LogP contribution < -0.4 is 33.8 Å². The number of hydrogen-bond donors (Lipinski definition) is 0. The van der Waals surface area contributed by atoms with Gasteiger partial charge in [0.15, 0.2) is 27.8 Å². The van der Waals surface area contributed by atoms with Crippen LogP contribution in [-0.2, 0) is 13.0 Å². The highest BCUT2D eigenvalue weighted by molar-refractivity contribution is 7.07. The van der Waals surface area contributed by atoms with Gasteiger partial charge in [0.1, 0.15) is 6.61 Å². The number of aryl methyl sites for hydroxylation is 1. The average molecular weight is 635 g/mol. The minimum atomic E-state index is -0.332. The van der Waals surface area contributed by atoms with Crippen LogP contribution in [0.25, 0.3) is 11.8 Å². The molecule has 3 aliphatic rings. The molecule has 4 aromatic carbocycles. The highest BCUT2D eigenvalue weighted by atomic mass is 35.5. The highest BCUT2D eigenvalue weighted by Gasteiger charge is 2.33. The summed E-state index contributed by atoms with van der Waals surface area (Å²) in [5, 5.41) is 0.630. The Morgan fingerprint density at radius 2 is 1.82 bits per heavy atom. The summed E-state index contributed by atoms with van der Waals surface area (Å²) in [6, 6.07) is 27.2. The quantitative estimate of drug-likeness (QED) is 0.220. The van der Waals surface area contributed by atoms with Crippen LogP contribution in [0.4, 0.5) is 0 Å². The lowest BCUT2D eigenvalue weighted by Gasteiger charge is -2.31. The largest absolute Gasteiger partial charge is 0.493 e. The van der Waals surface area contributed by atoms with Crippen LogP contribution in [0.15, 0.2) is 100 Å². The van der Waals surface area contributed by atoms with Gasteiger partial charge in [0.05, 0.1) is 23.4 Å². The lowest BCUT2D eigenvalue weighted by molar-refractivity contribution is 0.174. The van der Waals surface area contributed by atoms with Gasteiger partial charge in [-0.2, -0.15) is 0 Å². The van der Waals surface area contributed by atoms with E-state index in [2.05, 4.69) is 18.2 Å². The van der Waals surface area contributed by atoms with Crippen molar-refractivity contribution in [3.63, 3.8) is 0 Å². The lowest BCUT2D eigenvalue weighted by Crippen LogP contribution is -2.38. The molecule has 9 heteroatoms. The van der Waals surface area contributed by atoms with Gasteiger partial charge in [-0.1, -0.05) is 77.5 Å². The summed E-state index contributed by atoms with van der Waals surface area (Å²) >= 11 is 8.15. The standard InChI is InChI=1S/C36H27ClN2O5S/c1-41-30-16-21(10-14-28(30)42-19-22-11-15-29-31(17-22)44-20-43-29)18-32-35(40)39-34(25-8-4-5-9-27(25)37)26-13-12-23-6-2-3-7-24(23)33(26)38-36(39)45-32/h2-11,14-18,34H,12-13,19-20H2,1H3/t34-/m0/s1. The maximum absolute atomic E-state index is 14.1. The van der Waals surface area contributed by atoms with E-state index in [-0.39, 0.29) is 18.4 Å². The van der Waals surface area contributed by atoms with Crippen LogP contribution in [0.3, 0.4) is 0 Å². The highest BCUT2D eigenvalue weighted by Crippen LogP contribution is 2.42. The Bertz CT molecular complexity index is 2200. The Morgan fingerprint density at radius 3 is 2.71 bits per heavy atom. The number of ether oxygens (including phenoxy) is 4. The van der Waals surface area contributed by atoms with Gasteiger partial charge in [-0.15, -0.1) is 0 Å². The van der Waals surface area contributed by atoms with Gasteiger partial charge in [-0.3, -0.25) is 9.36 Å². The van der Waals surface area contributed by atoms with Crippen LogP contribution in [0.1, 0.15) is 40.3 Å². The van der Waals surface area contributed by atoms with Crippen molar-refractivity contribution in [1.82, 2.24) is 4.57 Å². The van der Waals surface area contributed by atoms with Gasteiger partial charge in [-0.25, -0.2) is 4.99 Å². The molecule has 0 fully saturated rings. The zero-order valence-electron chi connectivity index (χ0n) is 24.3. The van der Waals surface area contributed by atoms with Crippen LogP contribution in [-0.4, -0.2) is 18.5 Å². The van der Waals surface area contributed by atoms with E-state index >= 15 is 0 Å². The Kier molecular flexibility index (Phi) is 6.96. The third kappa shape index (κ3) is 4.90. The van der Waals surface area contributed by atoms with Gasteiger partial charge < -0.3 is 18.9 Å². The van der Waals surface area contributed by atoms with Crippen molar-refractivity contribution >= 4 is 34.7 Å². The van der Waals surface area contributed by atoms with E-state index in [1.54, 1.807) is 7.11 Å². The van der Waals surface area contributed by atoms with Gasteiger partial charge >= 0.3 is 0 Å². The fraction of sp³-hybridized carbons (Fsp3) is 0.167. The molecule has 1 atom stereocenters. The number of allylic oxidation sites excluding steroid dienone is 1. The third-order valence-electron chi connectivity index (χ3n) is 8.39. The zero-order chi connectivity index (χ0) is 30.5. The van der Waals surface area contributed by atoms with Crippen LogP contribution >= 0.6 is 22.9 Å². The molecule has 8 rings (SSSR count). The molecule has 224 valence electrons. The van der Waals surface area contributed by atoms with Crippen LogP contribution in [0.2, 0.25) is 5.02 Å². The Labute approximate surface area is 267 Å². The number of fused-ring (bicyclic) bond motifs is 4. The molecule has 3 heterocycles. The molecule has 0 amide bonds. The molecule has 2 aliphatic heterocycles. The summed E-state index contributed by atoms with van der Waals surface area (Å²) in [6.45, 7) is 0.560. The Morgan fingerprint density at radius 1 is 0.978 bits per heavy atom. The predicted molar refractivity (Wildman–Crippen MR) is 174 cm³/mol. The van der Waals surface area contributed by atoms with Crippen molar-refractivity contribution in [2.24, 2.45) is 4.99 Å². The van der Waals surface area contributed by atoms with E-state index < -0.39 is 0 Å². The molecule has 0 radical (unpaired) electrons. The van der Waals surface area contributed by atoms with Crippen LogP contribution in [0.5, 0.6) is 23.0 Å². The average Bonchev–Trinajstić information content (AvgIpc) is 3.66. The van der Waals surface area contributed by atoms with E-state index in [9.17, 15) is 4.79 Å². The second-order valence-corrected chi connectivity index (χ2v) is 12.4. The van der Waals surface area contributed by atoms with Crippen molar-refractivity contribution < 1.29 is 18.9 Å². The molecule has 1 aliphatic carbocycles. The summed E-state index contributed by atoms with van der Waals surface area (Å²) in [5.41, 5.74) is 7.02. The number of rotatable bonds is 6. The molecule has 1 aromatic heterocycles. The summed E-state index contributed by atoms with van der Waals surface area (Å²) < 4.78 is 25.0. The predicted octanol–water partition coefficient (Wildman–Crippen LogP) is 6.29. The smallest absolute Gasteiger partial charge is 0.271 e. The van der Waals surface area contributed by atoms with Crippen molar-refractivity contribution in [3.8, 4) is 23.0 Å². The second kappa shape index (κ2) is 11.3. The zero-order valence-corrected chi connectivity index (χ0v) is 25.9. The van der Waals surface area contributed by atoms with Crippen molar-refractivity contribution in [3.05, 3.63) is 143 Å². The van der Waals surface area contributed by atoms with Gasteiger partial charge in [0.25, 0.3) is 5.56 Å². The minimum Gasteiger partial charge on any atom is -0.493 e. The van der Waals surface area contributed by atoms with Gasteiger partial charge in [-0.05, 0) is 77.1 Å². The minimum absolute atomic E-state index is 0.101. The molecule has 7 nitrogen and oxygen atoms in total. The fourth-order valence-corrected chi connectivity index (χ4v) is 7.47. The molecular formula is C36H27ClN2O5S. The number of benzene rings is 4. The molecule has 0 N–H and O–H groups in total. The van der Waals surface area contributed by atoms with E-state index in [0.717, 1.165) is 52.1 Å². The van der Waals surface area contributed by atoms with Gasteiger partial charge in [0.2, 0.25) is 6.79 Å². The SMILES string of the molecule is COc1cc(C=c2sc3n(c2=O)[C@@H](c2ccccc2Cl)C2=C(N=3)c3ccccc3CC2)ccc1OCc1ccc2c(c1)OCO2. The van der Waals surface area contributed by atoms with Gasteiger partial charge in [0, 0.05) is 10.6 Å². The van der Waals surface area contributed by atoms with E-state index in [1.807, 2.05) is 77.4 Å². The Hall–Kier alpha value is -4.79. The van der Waals surface area contributed by atoms with Crippen molar-refractivity contribution in [1.29, 1.82) is 0 Å². The molecule has 0 spiro atoms. The number of hydrogen-bond acceptors (Lipinski definition) is 7. The topological polar surface area (TPSA) is 71.3 Å². The summed E-state index contributed by atoms with van der Waals surface area (Å²) in [6.07, 6.45) is 3.58. The molecule has 0 saturated carbocycles. The number of methoxy groups -OCH3 is 1. The number of aromatic nitrogens is 1. The maximum atomic E-state index is 14.1. The third-order valence-corrected chi connectivity index (χ3v) is 9.72. The molecule has 5 aromatic rings. The molecule has 0 saturated heterocycles. The number of nitrogens with zero attached hydrogens (tertiary/aromatic N) is 2. The Balaban J connectivity index is 1.18. The fourth-order valence-electron chi connectivity index (χ4n) is 6.23. The molecular weight excluding hydrogens is 608 g/mol. The van der Waals surface area contributed by atoms with E-state index in [1.165, 1.54) is 16.9 Å². The number of thiazole rings is 1. The molecule has 0 bridgehead atoms. The normalized spacial score (nSPS) is 16.5. The first-order valence-corrected chi connectivity index (χ1v) is 15.8. The summed E-state index contributed by atoms with van der Waals surface area (Å²) in [5.74, 6) is 2.60. The number of halogens is 1. The second-order valence-electron chi connectivity index (χ2n) is 11.0. The monoisotopic (exact) mass is 634 g/mol. The molecule has 0 unspecified atom stereocenters. The van der Waals surface area contributed by atoms with Crippen LogP contribution in [0, 0.1) is 0 Å². The van der Waals surface area contributed by atoms with E-state index in [4.69, 9.17) is 35.5 Å². The summed E-state index contributed by atoms with van der Waals surface area (Å²) in [4.78, 5) is 19.9. The van der Waals surface area contributed by atoms with Crippen molar-refractivity contribution in [2.45, 2.75) is 25.5 Å². The molecule has 45 heavy (non-hydrogen) atoms. The van der Waals surface area contributed by atoms with Crippen molar-refractivity contribution in [2.75, 3.05) is 13.9 Å². The summed E-state index contributed by atoms with van der Waals surface area (Å²) in [7, 11) is 1.60.